The maximum atomic E-state index is 14.7. The number of ether oxygens (including phenoxy) is 2. The first-order chi connectivity index (χ1) is 19.3. The Kier molecular flexibility index (Phi) is 7.84. The Morgan fingerprint density at radius 3 is 2.62 bits per heavy atom. The number of esters is 1. The van der Waals surface area contributed by atoms with Gasteiger partial charge in [-0.1, -0.05) is 56.3 Å². The van der Waals surface area contributed by atoms with Gasteiger partial charge in [0.2, 0.25) is 5.91 Å². The minimum absolute atomic E-state index is 0.136. The smallest absolute Gasteiger partial charge is 0.312 e. The molecular formula is C32H38N2O6. The zero-order valence-electron chi connectivity index (χ0n) is 23.2. The molecule has 3 saturated heterocycles. The predicted molar refractivity (Wildman–Crippen MR) is 152 cm³/mol. The summed E-state index contributed by atoms with van der Waals surface area (Å²) in [6, 6.07) is 12.1. The van der Waals surface area contributed by atoms with E-state index in [2.05, 4.69) is 13.2 Å². The van der Waals surface area contributed by atoms with Crippen LogP contribution in [0.4, 0.5) is 5.69 Å². The van der Waals surface area contributed by atoms with Crippen LogP contribution in [0.1, 0.15) is 33.1 Å². The second kappa shape index (κ2) is 11.2. The molecule has 0 radical (unpaired) electrons. The number of likely N-dealkylation sites (tertiary alicyclic amines) is 1. The number of hydrogen-bond donors (Lipinski definition) is 1. The summed E-state index contributed by atoms with van der Waals surface area (Å²) in [7, 11) is 0. The van der Waals surface area contributed by atoms with Crippen LogP contribution in [0.3, 0.4) is 0 Å². The Hall–Kier alpha value is -3.49. The van der Waals surface area contributed by atoms with Crippen LogP contribution in [-0.2, 0) is 23.9 Å². The molecule has 3 fully saturated rings. The minimum atomic E-state index is -1.18. The number of fused-ring (bicyclic) bond motifs is 2. The Balaban J connectivity index is 1.58. The highest BCUT2D eigenvalue weighted by Gasteiger charge is 2.75. The average molecular weight is 547 g/mol. The van der Waals surface area contributed by atoms with E-state index in [0.29, 0.717) is 24.9 Å². The molecule has 2 bridgehead atoms. The third kappa shape index (κ3) is 4.43. The van der Waals surface area contributed by atoms with Crippen molar-refractivity contribution < 1.29 is 29.0 Å². The predicted octanol–water partition coefficient (Wildman–Crippen LogP) is 3.87. The summed E-state index contributed by atoms with van der Waals surface area (Å²) in [5, 5.41) is 12.4. The number of amides is 2. The summed E-state index contributed by atoms with van der Waals surface area (Å²) in [5.41, 5.74) is -0.506. The second-order valence-corrected chi connectivity index (χ2v) is 11.3. The van der Waals surface area contributed by atoms with Gasteiger partial charge in [0.25, 0.3) is 5.91 Å². The van der Waals surface area contributed by atoms with Crippen molar-refractivity contribution in [3.05, 3.63) is 67.8 Å². The van der Waals surface area contributed by atoms with Crippen LogP contribution in [0.2, 0.25) is 0 Å². The SMILES string of the molecule is C=CCCOC(=O)[C@@H]1[C@@H]2CCC3(O2)C(C(=O)N(CC=C)c2ccc4ccccc4c2)N([C@@H](CO)C(C)C)C(=O)[C@H]13. The van der Waals surface area contributed by atoms with Crippen molar-refractivity contribution in [3.63, 3.8) is 0 Å². The first kappa shape index (κ1) is 28.1. The van der Waals surface area contributed by atoms with Crippen molar-refractivity contribution in [2.45, 2.75) is 56.9 Å². The van der Waals surface area contributed by atoms with Gasteiger partial charge in [-0.25, -0.2) is 0 Å². The van der Waals surface area contributed by atoms with Gasteiger partial charge in [0, 0.05) is 12.2 Å². The lowest BCUT2D eigenvalue weighted by atomic mass is 9.70. The van der Waals surface area contributed by atoms with Crippen molar-refractivity contribution in [1.29, 1.82) is 0 Å². The van der Waals surface area contributed by atoms with Crippen LogP contribution in [0, 0.1) is 17.8 Å². The van der Waals surface area contributed by atoms with Gasteiger partial charge in [-0.3, -0.25) is 14.4 Å². The van der Waals surface area contributed by atoms with E-state index in [9.17, 15) is 19.5 Å². The highest BCUT2D eigenvalue weighted by atomic mass is 16.6. The molecule has 3 aliphatic heterocycles. The van der Waals surface area contributed by atoms with Crippen LogP contribution >= 0.6 is 0 Å². The lowest BCUT2D eigenvalue weighted by Gasteiger charge is -2.40. The van der Waals surface area contributed by atoms with E-state index in [4.69, 9.17) is 9.47 Å². The van der Waals surface area contributed by atoms with E-state index >= 15 is 0 Å². The standard InChI is InChI=1S/C32H38N2O6/c1-5-7-17-39-31(38)26-25-14-15-32(40-25)27(26)29(36)34(24(19-35)20(3)4)28(32)30(37)33(16-6-2)23-13-12-21-10-8-9-11-22(21)18-23/h5-6,8-13,18,20,24-28,35H,1-2,7,14-17,19H2,3-4H3/t24-,25-,26+,27-,28?,32?/m0/s1. The molecule has 0 saturated carbocycles. The van der Waals surface area contributed by atoms with Gasteiger partial charge < -0.3 is 24.4 Å². The lowest BCUT2D eigenvalue weighted by Crippen LogP contribution is -2.59. The van der Waals surface area contributed by atoms with E-state index < -0.39 is 41.6 Å². The van der Waals surface area contributed by atoms with Gasteiger partial charge in [-0.2, -0.15) is 0 Å². The molecule has 1 spiro atoms. The van der Waals surface area contributed by atoms with Gasteiger partial charge in [0.05, 0.1) is 37.2 Å². The topological polar surface area (TPSA) is 96.4 Å². The number of aliphatic hydroxyl groups excluding tert-OH is 1. The van der Waals surface area contributed by atoms with Gasteiger partial charge in [-0.15, -0.1) is 13.2 Å². The number of aliphatic hydroxyl groups is 1. The minimum Gasteiger partial charge on any atom is -0.465 e. The largest absolute Gasteiger partial charge is 0.465 e. The number of hydrogen-bond acceptors (Lipinski definition) is 6. The maximum absolute atomic E-state index is 14.7. The number of rotatable bonds is 11. The normalized spacial score (nSPS) is 27.6. The number of carbonyl (C=O) groups is 3. The summed E-state index contributed by atoms with van der Waals surface area (Å²) < 4.78 is 12.0. The quantitative estimate of drug-likeness (QED) is 0.261. The molecule has 0 aliphatic carbocycles. The zero-order valence-corrected chi connectivity index (χ0v) is 23.2. The molecule has 8 heteroatoms. The Labute approximate surface area is 235 Å². The fourth-order valence-electron chi connectivity index (χ4n) is 6.90. The Bertz CT molecular complexity index is 1320. The zero-order chi connectivity index (χ0) is 28.6. The van der Waals surface area contributed by atoms with Gasteiger partial charge in [0.15, 0.2) is 0 Å². The van der Waals surface area contributed by atoms with Gasteiger partial charge in [0.1, 0.15) is 11.6 Å². The average Bonchev–Trinajstić information content (AvgIpc) is 3.59. The third-order valence-corrected chi connectivity index (χ3v) is 8.75. The van der Waals surface area contributed by atoms with Gasteiger partial charge in [-0.05, 0) is 48.1 Å². The van der Waals surface area contributed by atoms with E-state index in [0.717, 1.165) is 10.8 Å². The molecular weight excluding hydrogens is 508 g/mol. The molecule has 40 heavy (non-hydrogen) atoms. The second-order valence-electron chi connectivity index (χ2n) is 11.3. The molecule has 2 unspecified atom stereocenters. The van der Waals surface area contributed by atoms with Crippen molar-refractivity contribution in [1.82, 2.24) is 4.90 Å². The summed E-state index contributed by atoms with van der Waals surface area (Å²) in [6.07, 6.45) is 4.34. The number of nitrogens with zero attached hydrogens (tertiary/aromatic N) is 2. The summed E-state index contributed by atoms with van der Waals surface area (Å²) in [5.74, 6) is -2.93. The van der Waals surface area contributed by atoms with Crippen LogP contribution in [0.25, 0.3) is 10.8 Å². The molecule has 2 amide bonds. The summed E-state index contributed by atoms with van der Waals surface area (Å²) in [6.45, 7) is 11.4. The molecule has 2 aromatic carbocycles. The maximum Gasteiger partial charge on any atom is 0.312 e. The molecule has 6 atom stereocenters. The van der Waals surface area contributed by atoms with E-state index in [-0.39, 0.29) is 37.5 Å². The first-order valence-electron chi connectivity index (χ1n) is 14.1. The third-order valence-electron chi connectivity index (χ3n) is 8.75. The summed E-state index contributed by atoms with van der Waals surface area (Å²) >= 11 is 0. The van der Waals surface area contributed by atoms with Crippen molar-refractivity contribution in [2.75, 3.05) is 24.7 Å². The van der Waals surface area contributed by atoms with Crippen LogP contribution in [0.5, 0.6) is 0 Å². The van der Waals surface area contributed by atoms with Crippen molar-refractivity contribution in [3.8, 4) is 0 Å². The fourth-order valence-corrected chi connectivity index (χ4v) is 6.90. The molecule has 2 aromatic rings. The van der Waals surface area contributed by atoms with E-state index in [1.54, 1.807) is 17.1 Å². The Morgan fingerprint density at radius 1 is 1.20 bits per heavy atom. The highest BCUT2D eigenvalue weighted by Crippen LogP contribution is 2.59. The van der Waals surface area contributed by atoms with Gasteiger partial charge >= 0.3 is 5.97 Å². The highest BCUT2D eigenvalue weighted by molar-refractivity contribution is 6.05. The van der Waals surface area contributed by atoms with E-state index in [1.807, 2.05) is 56.3 Å². The molecule has 1 N–H and O–H groups in total. The molecule has 3 aliphatic rings. The van der Waals surface area contributed by atoms with E-state index in [1.165, 1.54) is 4.90 Å². The van der Waals surface area contributed by atoms with Crippen LogP contribution in [0.15, 0.2) is 67.8 Å². The number of carbonyl (C=O) groups excluding carboxylic acids is 3. The molecule has 5 rings (SSSR count). The molecule has 212 valence electrons. The van der Waals surface area contributed by atoms with Crippen LogP contribution < -0.4 is 4.90 Å². The first-order valence-corrected chi connectivity index (χ1v) is 14.1. The monoisotopic (exact) mass is 546 g/mol. The number of anilines is 1. The molecule has 0 aromatic heterocycles. The lowest BCUT2D eigenvalue weighted by molar-refractivity contribution is -0.156. The number of benzene rings is 2. The van der Waals surface area contributed by atoms with Crippen molar-refractivity contribution >= 4 is 34.2 Å². The Morgan fingerprint density at radius 2 is 1.95 bits per heavy atom. The van der Waals surface area contributed by atoms with Crippen LogP contribution in [-0.4, -0.2) is 71.3 Å². The molecule has 3 heterocycles. The van der Waals surface area contributed by atoms with Crippen molar-refractivity contribution in [2.24, 2.45) is 17.8 Å². The molecule has 8 nitrogen and oxygen atoms in total. The fraction of sp³-hybridized carbons (Fsp3) is 0.469. The summed E-state index contributed by atoms with van der Waals surface area (Å²) in [4.78, 5) is 45.3.